The fourth-order valence-electron chi connectivity index (χ4n) is 3.40. The molecular weight excluding hydrogens is 366 g/mol. The average Bonchev–Trinajstić information content (AvgIpc) is 2.71. The maximum Gasteiger partial charge on any atom is 0.255 e. The van der Waals surface area contributed by atoms with Crippen molar-refractivity contribution in [3.8, 4) is 11.4 Å². The van der Waals surface area contributed by atoms with E-state index >= 15 is 0 Å². The molecule has 1 aliphatic carbocycles. The molecule has 2 aromatic rings. The molecule has 2 unspecified atom stereocenters. The fraction of sp³-hybridized carbons (Fsp3) is 0.368. The lowest BCUT2D eigenvalue weighted by Crippen LogP contribution is -2.49. The molecule has 1 aliphatic heterocycles. The Morgan fingerprint density at radius 2 is 2.11 bits per heavy atom. The zero-order chi connectivity index (χ0) is 18.8. The van der Waals surface area contributed by atoms with Gasteiger partial charge in [0.1, 0.15) is 6.33 Å². The third kappa shape index (κ3) is 3.65. The first kappa shape index (κ1) is 17.9. The summed E-state index contributed by atoms with van der Waals surface area (Å²) in [5.41, 5.74) is 1.02. The molecule has 1 saturated heterocycles. The molecule has 0 amide bonds. The topological polar surface area (TPSA) is 73.1 Å². The number of aromatic nitrogens is 4. The summed E-state index contributed by atoms with van der Waals surface area (Å²) in [5, 5.41) is -0.107. The molecule has 0 spiro atoms. The summed E-state index contributed by atoms with van der Waals surface area (Å²) in [6.45, 7) is 1.82. The molecule has 0 aromatic carbocycles. The van der Waals surface area contributed by atoms with Crippen LogP contribution in [0.4, 0.5) is 5.95 Å². The van der Waals surface area contributed by atoms with Crippen molar-refractivity contribution in [3.05, 3.63) is 59.3 Å². The third-order valence-electron chi connectivity index (χ3n) is 4.87. The molecule has 0 bridgehead atoms. The SMILES string of the molecule is Cn1c(N2CCO[C@H](C3C=CC=CC3Cl)C2)nc(-c2ccncn2)cc1=O. The van der Waals surface area contributed by atoms with Gasteiger partial charge in [-0.25, -0.2) is 15.0 Å². The molecule has 140 valence electrons. The summed E-state index contributed by atoms with van der Waals surface area (Å²) in [5.74, 6) is 0.687. The second kappa shape index (κ2) is 7.62. The second-order valence-electron chi connectivity index (χ2n) is 6.58. The molecule has 0 saturated carbocycles. The molecule has 0 N–H and O–H groups in total. The van der Waals surface area contributed by atoms with Crippen LogP contribution in [0, 0.1) is 5.92 Å². The number of rotatable bonds is 3. The van der Waals surface area contributed by atoms with Crippen molar-refractivity contribution in [2.45, 2.75) is 11.5 Å². The van der Waals surface area contributed by atoms with Gasteiger partial charge in [0.25, 0.3) is 5.56 Å². The monoisotopic (exact) mass is 385 g/mol. The van der Waals surface area contributed by atoms with Gasteiger partial charge in [-0.05, 0) is 6.07 Å². The molecule has 7 nitrogen and oxygen atoms in total. The highest BCUT2D eigenvalue weighted by Crippen LogP contribution is 2.27. The van der Waals surface area contributed by atoms with E-state index in [1.54, 1.807) is 23.9 Å². The van der Waals surface area contributed by atoms with Crippen molar-refractivity contribution >= 4 is 17.5 Å². The molecule has 2 aromatic heterocycles. The van der Waals surface area contributed by atoms with E-state index in [9.17, 15) is 4.79 Å². The van der Waals surface area contributed by atoms with Crippen LogP contribution in [0.3, 0.4) is 0 Å². The van der Waals surface area contributed by atoms with Crippen molar-refractivity contribution in [1.29, 1.82) is 0 Å². The van der Waals surface area contributed by atoms with E-state index < -0.39 is 0 Å². The zero-order valence-electron chi connectivity index (χ0n) is 14.9. The van der Waals surface area contributed by atoms with E-state index in [2.05, 4.69) is 20.9 Å². The molecule has 8 heteroatoms. The van der Waals surface area contributed by atoms with E-state index in [1.807, 2.05) is 18.2 Å². The summed E-state index contributed by atoms with van der Waals surface area (Å²) in [7, 11) is 1.73. The number of anilines is 1. The van der Waals surface area contributed by atoms with Gasteiger partial charge in [0.15, 0.2) is 0 Å². The Kier molecular flexibility index (Phi) is 5.05. The lowest BCUT2D eigenvalue weighted by atomic mass is 9.93. The lowest BCUT2D eigenvalue weighted by molar-refractivity contribution is 0.0147. The van der Waals surface area contributed by atoms with E-state index in [1.165, 1.54) is 12.4 Å². The molecule has 3 heterocycles. The number of alkyl halides is 1. The third-order valence-corrected chi connectivity index (χ3v) is 5.30. The summed E-state index contributed by atoms with van der Waals surface area (Å²) in [6.07, 6.45) is 11.0. The van der Waals surface area contributed by atoms with Gasteiger partial charge in [0, 0.05) is 38.3 Å². The Bertz CT molecular complexity index is 927. The number of morpholine rings is 1. The van der Waals surface area contributed by atoms with E-state index in [0.717, 1.165) is 0 Å². The van der Waals surface area contributed by atoms with Crippen molar-refractivity contribution in [1.82, 2.24) is 19.5 Å². The molecule has 0 radical (unpaired) electrons. The van der Waals surface area contributed by atoms with Crippen LogP contribution >= 0.6 is 11.6 Å². The van der Waals surface area contributed by atoms with Gasteiger partial charge in [-0.2, -0.15) is 0 Å². The van der Waals surface area contributed by atoms with Crippen LogP contribution in [-0.2, 0) is 11.8 Å². The molecular formula is C19H20ClN5O2. The zero-order valence-corrected chi connectivity index (χ0v) is 15.7. The minimum absolute atomic E-state index is 0.0675. The Morgan fingerprint density at radius 3 is 2.89 bits per heavy atom. The summed E-state index contributed by atoms with van der Waals surface area (Å²) < 4.78 is 7.53. The largest absolute Gasteiger partial charge is 0.374 e. The lowest BCUT2D eigenvalue weighted by Gasteiger charge is -2.38. The van der Waals surface area contributed by atoms with Crippen molar-refractivity contribution in [2.24, 2.45) is 13.0 Å². The normalized spacial score (nSPS) is 25.0. The van der Waals surface area contributed by atoms with Crippen LogP contribution in [0.2, 0.25) is 0 Å². The van der Waals surface area contributed by atoms with Crippen molar-refractivity contribution < 1.29 is 4.74 Å². The minimum Gasteiger partial charge on any atom is -0.374 e. The Morgan fingerprint density at radius 1 is 1.26 bits per heavy atom. The summed E-state index contributed by atoms with van der Waals surface area (Å²) in [6, 6.07) is 3.23. The van der Waals surface area contributed by atoms with E-state index in [0.29, 0.717) is 37.0 Å². The van der Waals surface area contributed by atoms with Crippen LogP contribution in [0.25, 0.3) is 11.4 Å². The van der Waals surface area contributed by atoms with Crippen LogP contribution in [-0.4, -0.2) is 50.7 Å². The highest BCUT2D eigenvalue weighted by atomic mass is 35.5. The maximum absolute atomic E-state index is 12.5. The van der Waals surface area contributed by atoms with Crippen molar-refractivity contribution in [2.75, 3.05) is 24.6 Å². The van der Waals surface area contributed by atoms with Gasteiger partial charge in [-0.3, -0.25) is 9.36 Å². The number of nitrogens with zero attached hydrogens (tertiary/aromatic N) is 5. The first-order chi connectivity index (χ1) is 13.1. The predicted octanol–water partition coefficient (Wildman–Crippen LogP) is 1.79. The molecule has 3 atom stereocenters. The smallest absolute Gasteiger partial charge is 0.255 e. The molecule has 27 heavy (non-hydrogen) atoms. The highest BCUT2D eigenvalue weighted by molar-refractivity contribution is 6.22. The Hall–Kier alpha value is -2.51. The van der Waals surface area contributed by atoms with Crippen LogP contribution in [0.15, 0.2) is 53.8 Å². The summed E-state index contributed by atoms with van der Waals surface area (Å²) >= 11 is 6.45. The van der Waals surface area contributed by atoms with Crippen LogP contribution in [0.5, 0.6) is 0 Å². The van der Waals surface area contributed by atoms with Gasteiger partial charge in [0.05, 0.1) is 29.5 Å². The van der Waals surface area contributed by atoms with E-state index in [-0.39, 0.29) is 23.0 Å². The van der Waals surface area contributed by atoms with Crippen molar-refractivity contribution in [3.63, 3.8) is 0 Å². The number of allylic oxidation sites excluding steroid dienone is 3. The highest BCUT2D eigenvalue weighted by Gasteiger charge is 2.32. The fourth-order valence-corrected chi connectivity index (χ4v) is 3.73. The maximum atomic E-state index is 12.5. The standard InChI is InChI=1S/C19H20ClN5O2/c1-24-18(26)10-16(15-6-7-21-12-22-15)23-19(24)25-8-9-27-17(11-25)13-4-2-3-5-14(13)20/h2-7,10,12-14,17H,8-9,11H2,1H3/t13?,14?,17-/m0/s1. The van der Waals surface area contributed by atoms with Gasteiger partial charge in [0.2, 0.25) is 5.95 Å². The van der Waals surface area contributed by atoms with Crippen LogP contribution in [0.1, 0.15) is 0 Å². The first-order valence-corrected chi connectivity index (χ1v) is 9.27. The molecule has 4 rings (SSSR count). The first-order valence-electron chi connectivity index (χ1n) is 8.83. The van der Waals surface area contributed by atoms with Gasteiger partial charge in [-0.15, -0.1) is 11.6 Å². The molecule has 2 aliphatic rings. The van der Waals surface area contributed by atoms with Gasteiger partial charge < -0.3 is 9.64 Å². The quantitative estimate of drug-likeness (QED) is 0.750. The Labute approximate surface area is 162 Å². The van der Waals surface area contributed by atoms with Crippen LogP contribution < -0.4 is 10.5 Å². The molecule has 1 fully saturated rings. The summed E-state index contributed by atoms with van der Waals surface area (Å²) in [4.78, 5) is 27.4. The number of ether oxygens (including phenoxy) is 1. The number of hydrogen-bond acceptors (Lipinski definition) is 6. The van der Waals surface area contributed by atoms with E-state index in [4.69, 9.17) is 21.3 Å². The Balaban J connectivity index is 1.64. The average molecular weight is 386 g/mol. The predicted molar refractivity (Wildman–Crippen MR) is 104 cm³/mol. The van der Waals surface area contributed by atoms with Gasteiger partial charge >= 0.3 is 0 Å². The number of halogens is 1. The van der Waals surface area contributed by atoms with Gasteiger partial charge in [-0.1, -0.05) is 24.3 Å². The minimum atomic E-state index is -0.132. The number of hydrogen-bond donors (Lipinski definition) is 0. The second-order valence-corrected chi connectivity index (χ2v) is 7.08.